The third kappa shape index (κ3) is 2.07. The molecule has 6 nitrogen and oxygen atoms in total. The maximum Gasteiger partial charge on any atom is 0.336 e. The van der Waals surface area contributed by atoms with Gasteiger partial charge in [-0.1, -0.05) is 18.9 Å². The number of benzene rings is 1. The molecular weight excluding hydrogens is 256 g/mol. The van der Waals surface area contributed by atoms with Crippen LogP contribution >= 0.6 is 0 Å². The second-order valence-electron chi connectivity index (χ2n) is 5.19. The molecule has 1 heterocycles. The number of tetrazole rings is 1. The Hall–Kier alpha value is -2.24. The van der Waals surface area contributed by atoms with Crippen LogP contribution in [0.3, 0.4) is 0 Å². The molecule has 0 spiro atoms. The Morgan fingerprint density at radius 1 is 1.35 bits per heavy atom. The van der Waals surface area contributed by atoms with Gasteiger partial charge in [-0.3, -0.25) is 0 Å². The molecular formula is C14H16N4O2. The Balaban J connectivity index is 2.08. The molecule has 3 rings (SSSR count). The smallest absolute Gasteiger partial charge is 0.336 e. The number of hydrogen-bond acceptors (Lipinski definition) is 4. The highest BCUT2D eigenvalue weighted by Gasteiger charge is 2.24. The number of carbonyl (C=O) groups is 1. The number of carboxylic acids is 1. The van der Waals surface area contributed by atoms with Gasteiger partial charge >= 0.3 is 5.97 Å². The van der Waals surface area contributed by atoms with E-state index in [-0.39, 0.29) is 5.56 Å². The Kier molecular flexibility index (Phi) is 3.22. The van der Waals surface area contributed by atoms with Crippen molar-refractivity contribution in [3.8, 4) is 5.69 Å². The van der Waals surface area contributed by atoms with Crippen molar-refractivity contribution in [1.82, 2.24) is 20.2 Å². The Bertz CT molecular complexity index is 644. The first-order valence-corrected chi connectivity index (χ1v) is 6.80. The lowest BCUT2D eigenvalue weighted by Gasteiger charge is -2.12. The van der Waals surface area contributed by atoms with Crippen LogP contribution in [0.15, 0.2) is 18.2 Å². The van der Waals surface area contributed by atoms with Crippen LogP contribution in [0.25, 0.3) is 5.69 Å². The van der Waals surface area contributed by atoms with Crippen molar-refractivity contribution in [3.05, 3.63) is 35.2 Å². The second-order valence-corrected chi connectivity index (χ2v) is 5.19. The highest BCUT2D eigenvalue weighted by molar-refractivity contribution is 5.90. The van der Waals surface area contributed by atoms with Gasteiger partial charge in [0.25, 0.3) is 0 Å². The maximum atomic E-state index is 11.2. The lowest BCUT2D eigenvalue weighted by molar-refractivity contribution is 0.0696. The number of rotatable bonds is 3. The normalized spacial score (nSPS) is 15.7. The van der Waals surface area contributed by atoms with E-state index in [1.165, 1.54) is 12.8 Å². The number of nitrogens with zero attached hydrogens (tertiary/aromatic N) is 4. The van der Waals surface area contributed by atoms with Gasteiger partial charge in [-0.2, -0.15) is 4.68 Å². The van der Waals surface area contributed by atoms with Crippen molar-refractivity contribution in [2.45, 2.75) is 38.5 Å². The Labute approximate surface area is 116 Å². The molecule has 1 aromatic heterocycles. The molecule has 0 bridgehead atoms. The first kappa shape index (κ1) is 12.8. The first-order valence-electron chi connectivity index (χ1n) is 6.80. The zero-order valence-electron chi connectivity index (χ0n) is 11.3. The zero-order valence-corrected chi connectivity index (χ0v) is 11.3. The molecule has 0 unspecified atom stereocenters. The molecule has 1 saturated carbocycles. The molecule has 6 heteroatoms. The van der Waals surface area contributed by atoms with Crippen molar-refractivity contribution < 1.29 is 9.90 Å². The highest BCUT2D eigenvalue weighted by atomic mass is 16.4. The summed E-state index contributed by atoms with van der Waals surface area (Å²) >= 11 is 0. The van der Waals surface area contributed by atoms with Crippen molar-refractivity contribution in [1.29, 1.82) is 0 Å². The van der Waals surface area contributed by atoms with Crippen LogP contribution in [0.2, 0.25) is 0 Å². The average Bonchev–Trinajstić information content (AvgIpc) is 3.09. The van der Waals surface area contributed by atoms with E-state index >= 15 is 0 Å². The fourth-order valence-electron chi connectivity index (χ4n) is 2.89. The van der Waals surface area contributed by atoms with Crippen LogP contribution in [0.5, 0.6) is 0 Å². The van der Waals surface area contributed by atoms with Crippen molar-refractivity contribution in [2.75, 3.05) is 0 Å². The summed E-state index contributed by atoms with van der Waals surface area (Å²) in [6, 6.07) is 5.18. The molecule has 0 aliphatic heterocycles. The predicted octanol–water partition coefficient (Wildman–Crippen LogP) is 2.33. The highest BCUT2D eigenvalue weighted by Crippen LogP contribution is 2.33. The Morgan fingerprint density at radius 2 is 2.10 bits per heavy atom. The van der Waals surface area contributed by atoms with Crippen LogP contribution in [0.4, 0.5) is 0 Å². The van der Waals surface area contributed by atoms with Gasteiger partial charge in [0.2, 0.25) is 0 Å². The van der Waals surface area contributed by atoms with Crippen LogP contribution in [-0.4, -0.2) is 31.3 Å². The summed E-state index contributed by atoms with van der Waals surface area (Å²) in [7, 11) is 0. The van der Waals surface area contributed by atoms with Crippen LogP contribution in [-0.2, 0) is 0 Å². The monoisotopic (exact) mass is 272 g/mol. The minimum Gasteiger partial charge on any atom is -0.478 e. The van der Waals surface area contributed by atoms with E-state index in [1.807, 2.05) is 6.07 Å². The third-order valence-corrected chi connectivity index (χ3v) is 3.98. The minimum absolute atomic E-state index is 0.287. The summed E-state index contributed by atoms with van der Waals surface area (Å²) in [5.41, 5.74) is 1.72. The van der Waals surface area contributed by atoms with Gasteiger partial charge in [0, 0.05) is 5.92 Å². The standard InChI is InChI=1S/C14H16N4O2/c1-9-11(14(19)20)7-4-8-12(9)18-13(15-16-17-18)10-5-2-3-6-10/h4,7-8,10H,2-3,5-6H2,1H3,(H,19,20). The quantitative estimate of drug-likeness (QED) is 0.927. The van der Waals surface area contributed by atoms with Crippen LogP contribution < -0.4 is 0 Å². The largest absolute Gasteiger partial charge is 0.478 e. The summed E-state index contributed by atoms with van der Waals surface area (Å²) in [4.78, 5) is 11.2. The maximum absolute atomic E-state index is 11.2. The summed E-state index contributed by atoms with van der Waals surface area (Å²) in [5, 5.41) is 21.2. The van der Waals surface area contributed by atoms with E-state index in [2.05, 4.69) is 15.5 Å². The van der Waals surface area contributed by atoms with Gasteiger partial charge < -0.3 is 5.11 Å². The molecule has 0 atom stereocenters. The number of aromatic carboxylic acids is 1. The fraction of sp³-hybridized carbons (Fsp3) is 0.429. The van der Waals surface area contributed by atoms with Gasteiger partial charge in [-0.05, 0) is 47.9 Å². The molecule has 1 aliphatic rings. The molecule has 1 fully saturated rings. The summed E-state index contributed by atoms with van der Waals surface area (Å²) in [6.07, 6.45) is 4.59. The molecule has 20 heavy (non-hydrogen) atoms. The SMILES string of the molecule is Cc1c(C(=O)O)cccc1-n1nnnc1C1CCCC1. The van der Waals surface area contributed by atoms with Gasteiger partial charge in [0.1, 0.15) is 0 Å². The van der Waals surface area contributed by atoms with E-state index in [1.54, 1.807) is 23.7 Å². The molecule has 1 aromatic carbocycles. The first-order chi connectivity index (χ1) is 9.68. The molecule has 2 aromatic rings. The second kappa shape index (κ2) is 5.03. The van der Waals surface area contributed by atoms with Crippen molar-refractivity contribution in [3.63, 3.8) is 0 Å². The molecule has 104 valence electrons. The predicted molar refractivity (Wildman–Crippen MR) is 72.1 cm³/mol. The summed E-state index contributed by atoms with van der Waals surface area (Å²) in [5.74, 6) is 0.283. The van der Waals surface area contributed by atoms with Gasteiger partial charge in [-0.15, -0.1) is 5.10 Å². The lowest BCUT2D eigenvalue weighted by atomic mass is 10.1. The summed E-state index contributed by atoms with van der Waals surface area (Å²) < 4.78 is 1.69. The van der Waals surface area contributed by atoms with E-state index in [0.717, 1.165) is 24.4 Å². The molecule has 0 saturated heterocycles. The zero-order chi connectivity index (χ0) is 14.1. The molecule has 1 N–H and O–H groups in total. The summed E-state index contributed by atoms with van der Waals surface area (Å²) in [6.45, 7) is 1.79. The molecule has 0 amide bonds. The average molecular weight is 272 g/mol. The van der Waals surface area contributed by atoms with Crippen LogP contribution in [0.1, 0.15) is 53.3 Å². The van der Waals surface area contributed by atoms with Crippen molar-refractivity contribution in [2.24, 2.45) is 0 Å². The number of hydrogen-bond donors (Lipinski definition) is 1. The fourth-order valence-corrected chi connectivity index (χ4v) is 2.89. The number of carboxylic acid groups (broad SMARTS) is 1. The molecule has 1 aliphatic carbocycles. The van der Waals surface area contributed by atoms with E-state index in [9.17, 15) is 9.90 Å². The van der Waals surface area contributed by atoms with E-state index in [4.69, 9.17) is 0 Å². The Morgan fingerprint density at radius 3 is 2.80 bits per heavy atom. The van der Waals surface area contributed by atoms with Crippen molar-refractivity contribution >= 4 is 5.97 Å². The minimum atomic E-state index is -0.931. The van der Waals surface area contributed by atoms with Gasteiger partial charge in [-0.25, -0.2) is 4.79 Å². The third-order valence-electron chi connectivity index (χ3n) is 3.98. The van der Waals surface area contributed by atoms with Gasteiger partial charge in [0.05, 0.1) is 11.3 Å². The molecule has 0 radical (unpaired) electrons. The van der Waals surface area contributed by atoms with Crippen LogP contribution in [0, 0.1) is 6.92 Å². The number of aromatic nitrogens is 4. The topological polar surface area (TPSA) is 80.9 Å². The lowest BCUT2D eigenvalue weighted by Crippen LogP contribution is -2.10. The van der Waals surface area contributed by atoms with E-state index in [0.29, 0.717) is 11.5 Å². The van der Waals surface area contributed by atoms with Gasteiger partial charge in [0.15, 0.2) is 5.82 Å². The van der Waals surface area contributed by atoms with E-state index < -0.39 is 5.97 Å².